The minimum absolute atomic E-state index is 0.0822. The molecule has 1 unspecified atom stereocenters. The molecule has 1 N–H and O–H groups in total. The van der Waals surface area contributed by atoms with Gasteiger partial charge in [0.05, 0.1) is 5.54 Å². The van der Waals surface area contributed by atoms with Crippen LogP contribution in [0.15, 0.2) is 0 Å². The van der Waals surface area contributed by atoms with Gasteiger partial charge in [-0.2, -0.15) is 0 Å². The highest BCUT2D eigenvalue weighted by Gasteiger charge is 2.47. The molecule has 2 saturated heterocycles. The molecule has 0 bridgehead atoms. The van der Waals surface area contributed by atoms with Gasteiger partial charge < -0.3 is 15.1 Å². The number of hydrogen-bond donors (Lipinski definition) is 1. The molecule has 80 valence electrons. The number of piperidine rings is 1. The number of rotatable bonds is 1. The summed E-state index contributed by atoms with van der Waals surface area (Å²) in [5.41, 5.74) is 0.0822. The minimum Gasteiger partial charge on any atom is -0.325 e. The molecular weight excluding hydrogens is 178 g/mol. The van der Waals surface area contributed by atoms with Gasteiger partial charge in [0.15, 0.2) is 0 Å². The Labute approximate surface area is 85.2 Å². The normalized spacial score (nSPS) is 33.1. The van der Waals surface area contributed by atoms with Crippen molar-refractivity contribution in [3.8, 4) is 0 Å². The first kappa shape index (κ1) is 9.77. The number of nitrogens with zero attached hydrogens (tertiary/aromatic N) is 2. The standard InChI is InChI=1S/C10H19N3O/c1-3-13-9(14)12(2)8-10(13)5-4-6-11-7-10/h11H,3-8H2,1-2H3. The molecule has 2 fully saturated rings. The maximum absolute atomic E-state index is 11.8. The van der Waals surface area contributed by atoms with E-state index in [4.69, 9.17) is 0 Å². The van der Waals surface area contributed by atoms with E-state index in [0.29, 0.717) is 0 Å². The van der Waals surface area contributed by atoms with E-state index in [-0.39, 0.29) is 11.6 Å². The topological polar surface area (TPSA) is 35.6 Å². The van der Waals surface area contributed by atoms with E-state index in [1.807, 2.05) is 16.8 Å². The second kappa shape index (κ2) is 3.42. The van der Waals surface area contributed by atoms with Crippen LogP contribution in [0.5, 0.6) is 0 Å². The molecule has 2 aliphatic heterocycles. The largest absolute Gasteiger partial charge is 0.325 e. The number of nitrogens with one attached hydrogen (secondary N) is 1. The highest BCUT2D eigenvalue weighted by Crippen LogP contribution is 2.31. The number of likely N-dealkylation sites (N-methyl/N-ethyl adjacent to an activating group) is 2. The fourth-order valence-corrected chi connectivity index (χ4v) is 2.79. The Morgan fingerprint density at radius 1 is 1.57 bits per heavy atom. The van der Waals surface area contributed by atoms with Crippen LogP contribution in [0.25, 0.3) is 0 Å². The molecule has 14 heavy (non-hydrogen) atoms. The minimum atomic E-state index is 0.0822. The number of carbonyl (C=O) groups is 1. The van der Waals surface area contributed by atoms with Gasteiger partial charge in [-0.25, -0.2) is 4.79 Å². The number of urea groups is 1. The van der Waals surface area contributed by atoms with E-state index in [1.54, 1.807) is 0 Å². The van der Waals surface area contributed by atoms with Crippen LogP contribution >= 0.6 is 0 Å². The zero-order valence-corrected chi connectivity index (χ0v) is 9.05. The molecule has 1 spiro atoms. The van der Waals surface area contributed by atoms with E-state index in [2.05, 4.69) is 12.2 Å². The predicted octanol–water partition coefficient (Wildman–Crippen LogP) is 0.496. The molecule has 2 rings (SSSR count). The lowest BCUT2D eigenvalue weighted by atomic mass is 9.89. The summed E-state index contributed by atoms with van der Waals surface area (Å²) in [6.45, 7) is 5.82. The quantitative estimate of drug-likeness (QED) is 0.664. The van der Waals surface area contributed by atoms with Crippen LogP contribution in [0.4, 0.5) is 4.79 Å². The molecule has 0 aliphatic carbocycles. The van der Waals surface area contributed by atoms with Crippen molar-refractivity contribution in [1.82, 2.24) is 15.1 Å². The Hall–Kier alpha value is -0.770. The molecule has 0 aromatic carbocycles. The van der Waals surface area contributed by atoms with Crippen molar-refractivity contribution in [3.05, 3.63) is 0 Å². The first-order valence-corrected chi connectivity index (χ1v) is 5.43. The summed E-state index contributed by atoms with van der Waals surface area (Å²) in [5.74, 6) is 0. The monoisotopic (exact) mass is 197 g/mol. The average Bonchev–Trinajstić information content (AvgIpc) is 2.40. The van der Waals surface area contributed by atoms with Crippen molar-refractivity contribution in [2.24, 2.45) is 0 Å². The van der Waals surface area contributed by atoms with Crippen LogP contribution in [0, 0.1) is 0 Å². The highest BCUT2D eigenvalue weighted by molar-refractivity contribution is 5.78. The molecule has 0 radical (unpaired) electrons. The predicted molar refractivity (Wildman–Crippen MR) is 55.2 cm³/mol. The second-order valence-corrected chi connectivity index (χ2v) is 4.39. The Morgan fingerprint density at radius 2 is 2.36 bits per heavy atom. The van der Waals surface area contributed by atoms with Crippen LogP contribution in [0.2, 0.25) is 0 Å². The van der Waals surface area contributed by atoms with Gasteiger partial charge in [-0.1, -0.05) is 0 Å². The van der Waals surface area contributed by atoms with E-state index >= 15 is 0 Å². The summed E-state index contributed by atoms with van der Waals surface area (Å²) in [4.78, 5) is 15.7. The van der Waals surface area contributed by atoms with Crippen LogP contribution in [0.1, 0.15) is 19.8 Å². The summed E-state index contributed by atoms with van der Waals surface area (Å²) in [5, 5.41) is 3.40. The summed E-state index contributed by atoms with van der Waals surface area (Å²) in [6, 6.07) is 0.191. The number of hydrogen-bond acceptors (Lipinski definition) is 2. The van der Waals surface area contributed by atoms with Crippen molar-refractivity contribution in [2.45, 2.75) is 25.3 Å². The lowest BCUT2D eigenvalue weighted by Gasteiger charge is -2.39. The molecule has 1 atom stereocenters. The second-order valence-electron chi connectivity index (χ2n) is 4.39. The fourth-order valence-electron chi connectivity index (χ4n) is 2.79. The molecule has 4 heteroatoms. The van der Waals surface area contributed by atoms with Gasteiger partial charge in [-0.3, -0.25) is 0 Å². The van der Waals surface area contributed by atoms with Crippen molar-refractivity contribution in [1.29, 1.82) is 0 Å². The van der Waals surface area contributed by atoms with E-state index in [1.165, 1.54) is 6.42 Å². The SMILES string of the molecule is CCN1C(=O)N(C)CC12CCCNC2. The first-order chi connectivity index (χ1) is 6.69. The van der Waals surface area contributed by atoms with Gasteiger partial charge in [0, 0.05) is 26.7 Å². The van der Waals surface area contributed by atoms with E-state index in [0.717, 1.165) is 32.6 Å². The smallest absolute Gasteiger partial charge is 0.320 e. The van der Waals surface area contributed by atoms with Crippen molar-refractivity contribution < 1.29 is 4.79 Å². The third-order valence-corrected chi connectivity index (χ3v) is 3.43. The highest BCUT2D eigenvalue weighted by atomic mass is 16.2. The lowest BCUT2D eigenvalue weighted by molar-refractivity contribution is 0.134. The Bertz CT molecular complexity index is 236. The number of amides is 2. The average molecular weight is 197 g/mol. The molecule has 2 heterocycles. The molecule has 2 amide bonds. The molecule has 0 saturated carbocycles. The molecule has 2 aliphatic rings. The first-order valence-electron chi connectivity index (χ1n) is 5.43. The maximum Gasteiger partial charge on any atom is 0.320 e. The van der Waals surface area contributed by atoms with Gasteiger partial charge in [0.1, 0.15) is 0 Å². The summed E-state index contributed by atoms with van der Waals surface area (Å²) >= 11 is 0. The Kier molecular flexibility index (Phi) is 2.39. The Balaban J connectivity index is 2.20. The lowest BCUT2D eigenvalue weighted by Crippen LogP contribution is -2.56. The van der Waals surface area contributed by atoms with Crippen LogP contribution in [-0.4, -0.2) is 54.6 Å². The Morgan fingerprint density at radius 3 is 2.93 bits per heavy atom. The van der Waals surface area contributed by atoms with Gasteiger partial charge >= 0.3 is 6.03 Å². The maximum atomic E-state index is 11.8. The van der Waals surface area contributed by atoms with Gasteiger partial charge in [0.25, 0.3) is 0 Å². The van der Waals surface area contributed by atoms with Gasteiger partial charge in [-0.15, -0.1) is 0 Å². The number of carbonyl (C=O) groups excluding carboxylic acids is 1. The van der Waals surface area contributed by atoms with Crippen LogP contribution < -0.4 is 5.32 Å². The zero-order chi connectivity index (χ0) is 10.2. The van der Waals surface area contributed by atoms with Crippen LogP contribution in [0.3, 0.4) is 0 Å². The van der Waals surface area contributed by atoms with Gasteiger partial charge in [-0.05, 0) is 26.3 Å². The summed E-state index contributed by atoms with van der Waals surface area (Å²) in [7, 11) is 1.90. The van der Waals surface area contributed by atoms with Crippen molar-refractivity contribution >= 4 is 6.03 Å². The van der Waals surface area contributed by atoms with Gasteiger partial charge in [0.2, 0.25) is 0 Å². The summed E-state index contributed by atoms with van der Waals surface area (Å²) < 4.78 is 0. The molecule has 4 nitrogen and oxygen atoms in total. The van der Waals surface area contributed by atoms with Crippen molar-refractivity contribution in [3.63, 3.8) is 0 Å². The van der Waals surface area contributed by atoms with Crippen LogP contribution in [-0.2, 0) is 0 Å². The van der Waals surface area contributed by atoms with E-state index < -0.39 is 0 Å². The molecular formula is C10H19N3O. The third kappa shape index (κ3) is 1.29. The fraction of sp³-hybridized carbons (Fsp3) is 0.900. The molecule has 0 aromatic heterocycles. The van der Waals surface area contributed by atoms with Crippen molar-refractivity contribution in [2.75, 3.05) is 33.2 Å². The summed E-state index contributed by atoms with van der Waals surface area (Å²) in [6.07, 6.45) is 2.32. The zero-order valence-electron chi connectivity index (χ0n) is 9.05. The third-order valence-electron chi connectivity index (χ3n) is 3.43. The van der Waals surface area contributed by atoms with E-state index in [9.17, 15) is 4.79 Å². The molecule has 0 aromatic rings.